The number of methoxy groups -OCH3 is 1. The third-order valence-electron chi connectivity index (χ3n) is 4.77. The van der Waals surface area contributed by atoms with Gasteiger partial charge in [0.2, 0.25) is 17.8 Å². The summed E-state index contributed by atoms with van der Waals surface area (Å²) in [6, 6.07) is 15.8. The Balaban J connectivity index is 1.53. The molecule has 1 aliphatic heterocycles. The Kier molecular flexibility index (Phi) is 7.47. The highest BCUT2D eigenvalue weighted by Gasteiger charge is 2.16. The van der Waals surface area contributed by atoms with Crippen LogP contribution in [0.15, 0.2) is 58.1 Å². The van der Waals surface area contributed by atoms with Crippen molar-refractivity contribution in [3.63, 3.8) is 0 Å². The molecule has 0 unspecified atom stereocenters. The molecule has 9 nitrogen and oxygen atoms in total. The second kappa shape index (κ2) is 10.9. The monoisotopic (exact) mass is 497 g/mol. The minimum atomic E-state index is 0.349. The lowest BCUT2D eigenvalue weighted by molar-refractivity contribution is 0.122. The summed E-state index contributed by atoms with van der Waals surface area (Å²) in [5.41, 5.74) is 4.87. The third-order valence-corrected chi connectivity index (χ3v) is 5.26. The van der Waals surface area contributed by atoms with Gasteiger partial charge in [0.25, 0.3) is 0 Å². The first-order valence-corrected chi connectivity index (χ1v) is 11.0. The number of nitrogens with one attached hydrogen (secondary N) is 2. The van der Waals surface area contributed by atoms with E-state index < -0.39 is 0 Å². The maximum absolute atomic E-state index is 5.45. The molecule has 0 radical (unpaired) electrons. The molecule has 1 aromatic heterocycles. The van der Waals surface area contributed by atoms with Crippen LogP contribution in [0.2, 0.25) is 0 Å². The molecule has 32 heavy (non-hydrogen) atoms. The molecule has 1 aliphatic rings. The van der Waals surface area contributed by atoms with Gasteiger partial charge >= 0.3 is 0 Å². The normalized spacial score (nSPS) is 13.9. The Morgan fingerprint density at radius 2 is 1.88 bits per heavy atom. The van der Waals surface area contributed by atoms with E-state index in [9.17, 15) is 0 Å². The van der Waals surface area contributed by atoms with E-state index >= 15 is 0 Å². The van der Waals surface area contributed by atoms with Gasteiger partial charge in [-0.2, -0.15) is 20.1 Å². The van der Waals surface area contributed by atoms with Gasteiger partial charge in [-0.05, 0) is 23.8 Å². The van der Waals surface area contributed by atoms with Gasteiger partial charge in [-0.15, -0.1) is 0 Å². The predicted octanol–water partition coefficient (Wildman–Crippen LogP) is 3.54. The van der Waals surface area contributed by atoms with Crippen LogP contribution in [0.3, 0.4) is 0 Å². The van der Waals surface area contributed by atoms with Gasteiger partial charge in [-0.25, -0.2) is 5.43 Å². The fourth-order valence-corrected chi connectivity index (χ4v) is 3.52. The molecule has 0 aliphatic carbocycles. The summed E-state index contributed by atoms with van der Waals surface area (Å²) in [6.07, 6.45) is 1.67. The smallest absolute Gasteiger partial charge is 0.250 e. The molecule has 0 amide bonds. The van der Waals surface area contributed by atoms with E-state index in [4.69, 9.17) is 9.47 Å². The Hall–Kier alpha value is -3.24. The largest absolute Gasteiger partial charge is 0.496 e. The summed E-state index contributed by atoms with van der Waals surface area (Å²) in [4.78, 5) is 15.7. The van der Waals surface area contributed by atoms with E-state index in [1.165, 1.54) is 0 Å². The minimum absolute atomic E-state index is 0.349. The van der Waals surface area contributed by atoms with Crippen LogP contribution in [0.4, 0.5) is 17.8 Å². The Morgan fingerprint density at radius 3 is 2.66 bits per heavy atom. The average Bonchev–Trinajstić information content (AvgIpc) is 2.84. The Labute approximate surface area is 195 Å². The zero-order valence-corrected chi connectivity index (χ0v) is 19.2. The number of hydrogen-bond donors (Lipinski definition) is 2. The molecule has 166 valence electrons. The van der Waals surface area contributed by atoms with Crippen molar-refractivity contribution in [3.8, 4) is 5.75 Å². The van der Waals surface area contributed by atoms with Gasteiger partial charge in [0.15, 0.2) is 0 Å². The molecule has 4 rings (SSSR count). The summed E-state index contributed by atoms with van der Waals surface area (Å²) in [5, 5.41) is 7.58. The summed E-state index contributed by atoms with van der Waals surface area (Å²) >= 11 is 3.47. The zero-order valence-electron chi connectivity index (χ0n) is 17.7. The third kappa shape index (κ3) is 5.92. The first-order chi connectivity index (χ1) is 15.7. The van der Waals surface area contributed by atoms with E-state index in [1.807, 2.05) is 48.5 Å². The van der Waals surface area contributed by atoms with Crippen LogP contribution in [0.1, 0.15) is 11.1 Å². The highest BCUT2D eigenvalue weighted by atomic mass is 79.9. The maximum atomic E-state index is 5.45. The first kappa shape index (κ1) is 22.0. The zero-order chi connectivity index (χ0) is 22.2. The number of ether oxygens (including phenoxy) is 2. The SMILES string of the molecule is COc1ccc(Br)cc1/C=N\Nc1nc(NCc2ccccc2)nc(N2CCOCC2)n1. The van der Waals surface area contributed by atoms with Gasteiger partial charge in [0, 0.05) is 29.7 Å². The molecule has 2 heterocycles. The number of anilines is 3. The molecule has 0 atom stereocenters. The minimum Gasteiger partial charge on any atom is -0.496 e. The lowest BCUT2D eigenvalue weighted by Crippen LogP contribution is -2.37. The van der Waals surface area contributed by atoms with E-state index in [1.54, 1.807) is 13.3 Å². The number of halogens is 1. The summed E-state index contributed by atoms with van der Waals surface area (Å²) in [6.45, 7) is 3.33. The first-order valence-electron chi connectivity index (χ1n) is 10.2. The van der Waals surface area contributed by atoms with Crippen LogP contribution in [-0.2, 0) is 11.3 Å². The second-order valence-corrected chi connectivity index (χ2v) is 7.89. The number of nitrogens with zero attached hydrogens (tertiary/aromatic N) is 5. The van der Waals surface area contributed by atoms with E-state index in [0.29, 0.717) is 43.4 Å². The number of hydrazone groups is 1. The Bertz CT molecular complexity index is 1060. The standard InChI is InChI=1S/C22H24BrN7O2/c1-31-19-8-7-18(23)13-17(19)15-25-29-21-26-20(24-14-16-5-3-2-4-6-16)27-22(28-21)30-9-11-32-12-10-30/h2-8,13,15H,9-12,14H2,1H3,(H2,24,26,27,28,29)/b25-15-. The van der Waals surface area contributed by atoms with Crippen LogP contribution >= 0.6 is 15.9 Å². The van der Waals surface area contributed by atoms with Crippen molar-refractivity contribution in [1.82, 2.24) is 15.0 Å². The molecule has 3 aromatic rings. The fourth-order valence-electron chi connectivity index (χ4n) is 3.14. The van der Waals surface area contributed by atoms with Crippen molar-refractivity contribution < 1.29 is 9.47 Å². The van der Waals surface area contributed by atoms with E-state index in [0.717, 1.165) is 28.7 Å². The summed E-state index contributed by atoms with van der Waals surface area (Å²) < 4.78 is 11.8. The van der Waals surface area contributed by atoms with E-state index in [2.05, 4.69) is 51.6 Å². The highest BCUT2D eigenvalue weighted by molar-refractivity contribution is 9.10. The van der Waals surface area contributed by atoms with Crippen molar-refractivity contribution in [2.45, 2.75) is 6.54 Å². The molecule has 2 N–H and O–H groups in total. The van der Waals surface area contributed by atoms with Crippen LogP contribution in [0, 0.1) is 0 Å². The maximum Gasteiger partial charge on any atom is 0.250 e. The number of hydrogen-bond acceptors (Lipinski definition) is 9. The van der Waals surface area contributed by atoms with E-state index in [-0.39, 0.29) is 0 Å². The van der Waals surface area contributed by atoms with Crippen molar-refractivity contribution in [2.24, 2.45) is 5.10 Å². The topological polar surface area (TPSA) is 96.8 Å². The summed E-state index contributed by atoms with van der Waals surface area (Å²) in [7, 11) is 1.62. The quantitative estimate of drug-likeness (QED) is 0.360. The fraction of sp³-hybridized carbons (Fsp3) is 0.273. The number of benzene rings is 2. The van der Waals surface area contributed by atoms with Gasteiger partial charge in [0.05, 0.1) is 26.5 Å². The van der Waals surface area contributed by atoms with Crippen molar-refractivity contribution in [3.05, 3.63) is 64.1 Å². The van der Waals surface area contributed by atoms with Gasteiger partial charge < -0.3 is 19.7 Å². The van der Waals surface area contributed by atoms with Crippen molar-refractivity contribution >= 4 is 40.0 Å². The molecular weight excluding hydrogens is 474 g/mol. The molecule has 0 bridgehead atoms. The van der Waals surface area contributed by atoms with Gasteiger partial charge in [0.1, 0.15) is 5.75 Å². The Morgan fingerprint density at radius 1 is 1.09 bits per heavy atom. The second-order valence-electron chi connectivity index (χ2n) is 6.98. The number of aromatic nitrogens is 3. The molecule has 2 aromatic carbocycles. The number of rotatable bonds is 8. The molecule has 10 heteroatoms. The number of morpholine rings is 1. The van der Waals surface area contributed by atoms with Gasteiger partial charge in [-0.3, -0.25) is 0 Å². The molecule has 1 fully saturated rings. The van der Waals surface area contributed by atoms with Crippen molar-refractivity contribution in [1.29, 1.82) is 0 Å². The van der Waals surface area contributed by atoms with Crippen LogP contribution in [0.25, 0.3) is 0 Å². The highest BCUT2D eigenvalue weighted by Crippen LogP contribution is 2.21. The van der Waals surface area contributed by atoms with Gasteiger partial charge in [-0.1, -0.05) is 46.3 Å². The molecule has 0 spiro atoms. The van der Waals surface area contributed by atoms with Crippen LogP contribution in [0.5, 0.6) is 5.75 Å². The summed E-state index contributed by atoms with van der Waals surface area (Å²) in [5.74, 6) is 2.12. The lowest BCUT2D eigenvalue weighted by atomic mass is 10.2. The predicted molar refractivity (Wildman–Crippen MR) is 129 cm³/mol. The lowest BCUT2D eigenvalue weighted by Gasteiger charge is -2.27. The van der Waals surface area contributed by atoms with Crippen LogP contribution in [-0.4, -0.2) is 54.6 Å². The molecule has 1 saturated heterocycles. The average molecular weight is 498 g/mol. The van der Waals surface area contributed by atoms with Crippen LogP contribution < -0.4 is 20.4 Å². The van der Waals surface area contributed by atoms with Crippen molar-refractivity contribution in [2.75, 3.05) is 49.1 Å². The molecular formula is C22H24BrN7O2. The molecule has 0 saturated carbocycles.